The highest BCUT2D eigenvalue weighted by Crippen LogP contribution is 2.35. The molecule has 1 aliphatic rings. The number of likely N-dealkylation sites (N-methyl/N-ethyl adjacent to an activating group) is 1. The number of aliphatic hydroxyl groups excluding tert-OH is 1. The molecular weight excluding hydrogens is 264 g/mol. The first-order chi connectivity index (χ1) is 10.0. The first-order valence-electron chi connectivity index (χ1n) is 8.05. The van der Waals surface area contributed by atoms with Crippen molar-refractivity contribution in [1.29, 1.82) is 0 Å². The second-order valence-corrected chi connectivity index (χ2v) is 6.83. The summed E-state index contributed by atoms with van der Waals surface area (Å²) in [6.07, 6.45) is 8.35. The number of nitrogens with one attached hydrogen (secondary N) is 1. The SMILES string of the molecule is CC1CCCC(CNCC(O)Cn2cccn2)(N(C)C)C1. The molecule has 3 unspecified atom stereocenters. The van der Waals surface area contributed by atoms with Crippen LogP contribution in [0.25, 0.3) is 0 Å². The van der Waals surface area contributed by atoms with Crippen LogP contribution in [-0.4, -0.2) is 58.6 Å². The molecule has 0 bridgehead atoms. The summed E-state index contributed by atoms with van der Waals surface area (Å²) in [5.74, 6) is 0.789. The zero-order chi connectivity index (χ0) is 15.3. The molecule has 1 fully saturated rings. The molecule has 2 rings (SSSR count). The van der Waals surface area contributed by atoms with E-state index in [-0.39, 0.29) is 5.54 Å². The Morgan fingerprint density at radius 2 is 2.33 bits per heavy atom. The van der Waals surface area contributed by atoms with E-state index in [9.17, 15) is 5.11 Å². The molecule has 120 valence electrons. The lowest BCUT2D eigenvalue weighted by Gasteiger charge is -2.45. The average Bonchev–Trinajstić information content (AvgIpc) is 2.91. The van der Waals surface area contributed by atoms with Gasteiger partial charge in [0.15, 0.2) is 0 Å². The minimum Gasteiger partial charge on any atom is -0.390 e. The normalized spacial score (nSPS) is 28.0. The van der Waals surface area contributed by atoms with Gasteiger partial charge in [-0.2, -0.15) is 5.10 Å². The minimum atomic E-state index is -0.398. The molecule has 0 aromatic carbocycles. The van der Waals surface area contributed by atoms with Gasteiger partial charge in [-0.3, -0.25) is 4.68 Å². The van der Waals surface area contributed by atoms with Gasteiger partial charge in [0.1, 0.15) is 0 Å². The molecule has 1 saturated carbocycles. The topological polar surface area (TPSA) is 53.3 Å². The Hall–Kier alpha value is -0.910. The van der Waals surface area contributed by atoms with Crippen molar-refractivity contribution in [2.45, 2.75) is 50.8 Å². The van der Waals surface area contributed by atoms with E-state index in [1.807, 2.05) is 12.3 Å². The molecule has 0 aliphatic heterocycles. The molecule has 1 aromatic rings. The van der Waals surface area contributed by atoms with Gasteiger partial charge in [-0.15, -0.1) is 0 Å². The van der Waals surface area contributed by atoms with E-state index in [4.69, 9.17) is 0 Å². The van der Waals surface area contributed by atoms with Crippen LogP contribution in [0.2, 0.25) is 0 Å². The zero-order valence-electron chi connectivity index (χ0n) is 13.6. The Labute approximate surface area is 128 Å². The summed E-state index contributed by atoms with van der Waals surface area (Å²) in [7, 11) is 4.36. The first kappa shape index (κ1) is 16.5. The molecule has 1 heterocycles. The van der Waals surface area contributed by atoms with E-state index >= 15 is 0 Å². The van der Waals surface area contributed by atoms with Crippen molar-refractivity contribution in [3.63, 3.8) is 0 Å². The highest BCUT2D eigenvalue weighted by atomic mass is 16.3. The molecular formula is C16H30N4O. The van der Waals surface area contributed by atoms with Crippen molar-refractivity contribution in [2.75, 3.05) is 27.2 Å². The third kappa shape index (κ3) is 4.53. The molecule has 0 radical (unpaired) electrons. The molecule has 3 atom stereocenters. The van der Waals surface area contributed by atoms with Crippen molar-refractivity contribution < 1.29 is 5.11 Å². The Bertz CT molecular complexity index is 406. The molecule has 5 heteroatoms. The Morgan fingerprint density at radius 3 is 2.95 bits per heavy atom. The monoisotopic (exact) mass is 294 g/mol. The van der Waals surface area contributed by atoms with E-state index in [0.717, 1.165) is 12.5 Å². The zero-order valence-corrected chi connectivity index (χ0v) is 13.6. The Morgan fingerprint density at radius 1 is 1.52 bits per heavy atom. The standard InChI is InChI=1S/C16H30N4O/c1-14-6-4-7-16(10-14,19(2)3)13-17-11-15(21)12-20-9-5-8-18-20/h5,8-9,14-15,17,21H,4,6-7,10-13H2,1-3H3. The van der Waals surface area contributed by atoms with Crippen LogP contribution < -0.4 is 5.32 Å². The number of hydrogen-bond acceptors (Lipinski definition) is 4. The molecule has 2 N–H and O–H groups in total. The maximum Gasteiger partial charge on any atom is 0.0860 e. The predicted molar refractivity (Wildman–Crippen MR) is 85.2 cm³/mol. The molecule has 0 amide bonds. The smallest absolute Gasteiger partial charge is 0.0860 e. The van der Waals surface area contributed by atoms with Crippen molar-refractivity contribution in [1.82, 2.24) is 20.0 Å². The number of hydrogen-bond donors (Lipinski definition) is 2. The van der Waals surface area contributed by atoms with Crippen LogP contribution in [0, 0.1) is 5.92 Å². The van der Waals surface area contributed by atoms with Gasteiger partial charge in [0, 0.05) is 31.0 Å². The first-order valence-corrected chi connectivity index (χ1v) is 8.05. The van der Waals surface area contributed by atoms with Crippen LogP contribution in [0.1, 0.15) is 32.6 Å². The second-order valence-electron chi connectivity index (χ2n) is 6.83. The average molecular weight is 294 g/mol. The van der Waals surface area contributed by atoms with Gasteiger partial charge in [0.05, 0.1) is 12.6 Å². The summed E-state index contributed by atoms with van der Waals surface area (Å²) in [4.78, 5) is 2.37. The lowest BCUT2D eigenvalue weighted by molar-refractivity contribution is 0.0685. The van der Waals surface area contributed by atoms with Gasteiger partial charge in [0.25, 0.3) is 0 Å². The predicted octanol–water partition coefficient (Wildman–Crippen LogP) is 1.34. The number of aromatic nitrogens is 2. The summed E-state index contributed by atoms with van der Waals surface area (Å²) in [6.45, 7) is 4.46. The van der Waals surface area contributed by atoms with Crippen LogP contribution >= 0.6 is 0 Å². The minimum absolute atomic E-state index is 0.239. The summed E-state index contributed by atoms with van der Waals surface area (Å²) in [5, 5.41) is 17.7. The number of aliphatic hydroxyl groups is 1. The van der Waals surface area contributed by atoms with Crippen molar-refractivity contribution in [2.24, 2.45) is 5.92 Å². The lowest BCUT2D eigenvalue weighted by Crippen LogP contribution is -2.55. The fourth-order valence-corrected chi connectivity index (χ4v) is 3.52. The molecule has 5 nitrogen and oxygen atoms in total. The highest BCUT2D eigenvalue weighted by Gasteiger charge is 2.36. The van der Waals surface area contributed by atoms with E-state index in [0.29, 0.717) is 13.1 Å². The van der Waals surface area contributed by atoms with Crippen molar-refractivity contribution >= 4 is 0 Å². The molecule has 0 saturated heterocycles. The van der Waals surface area contributed by atoms with E-state index in [1.165, 1.54) is 25.7 Å². The van der Waals surface area contributed by atoms with Crippen LogP contribution in [0.5, 0.6) is 0 Å². The second kappa shape index (κ2) is 7.38. The molecule has 1 aliphatic carbocycles. The van der Waals surface area contributed by atoms with Gasteiger partial charge >= 0.3 is 0 Å². The van der Waals surface area contributed by atoms with Crippen molar-refractivity contribution in [3.8, 4) is 0 Å². The summed E-state index contributed by atoms with van der Waals surface area (Å²) >= 11 is 0. The molecule has 21 heavy (non-hydrogen) atoms. The maximum atomic E-state index is 10.1. The van der Waals surface area contributed by atoms with E-state index in [2.05, 4.69) is 36.3 Å². The van der Waals surface area contributed by atoms with Crippen LogP contribution in [0.3, 0.4) is 0 Å². The van der Waals surface area contributed by atoms with Gasteiger partial charge in [-0.25, -0.2) is 0 Å². The number of nitrogens with zero attached hydrogens (tertiary/aromatic N) is 3. The molecule has 1 aromatic heterocycles. The maximum absolute atomic E-state index is 10.1. The largest absolute Gasteiger partial charge is 0.390 e. The quantitative estimate of drug-likeness (QED) is 0.797. The van der Waals surface area contributed by atoms with Gasteiger partial charge < -0.3 is 15.3 Å². The Balaban J connectivity index is 1.79. The van der Waals surface area contributed by atoms with Gasteiger partial charge in [-0.05, 0) is 38.9 Å². The highest BCUT2D eigenvalue weighted by molar-refractivity contribution is 4.94. The number of rotatable bonds is 7. The summed E-state index contributed by atoms with van der Waals surface area (Å²) in [5.41, 5.74) is 0.239. The van der Waals surface area contributed by atoms with E-state index in [1.54, 1.807) is 10.9 Å². The third-order valence-corrected chi connectivity index (χ3v) is 4.81. The fourth-order valence-electron chi connectivity index (χ4n) is 3.52. The van der Waals surface area contributed by atoms with E-state index < -0.39 is 6.10 Å². The van der Waals surface area contributed by atoms with Gasteiger partial charge in [-0.1, -0.05) is 19.8 Å². The molecule has 0 spiro atoms. The van der Waals surface area contributed by atoms with Crippen LogP contribution in [-0.2, 0) is 6.54 Å². The summed E-state index contributed by atoms with van der Waals surface area (Å²) < 4.78 is 1.77. The Kier molecular flexibility index (Phi) is 5.79. The third-order valence-electron chi connectivity index (χ3n) is 4.81. The lowest BCUT2D eigenvalue weighted by atomic mass is 9.75. The van der Waals surface area contributed by atoms with Crippen LogP contribution in [0.4, 0.5) is 0 Å². The van der Waals surface area contributed by atoms with Crippen molar-refractivity contribution in [3.05, 3.63) is 18.5 Å². The van der Waals surface area contributed by atoms with Crippen LogP contribution in [0.15, 0.2) is 18.5 Å². The fraction of sp³-hybridized carbons (Fsp3) is 0.812. The van der Waals surface area contributed by atoms with Gasteiger partial charge in [0.2, 0.25) is 0 Å². The summed E-state index contributed by atoms with van der Waals surface area (Å²) in [6, 6.07) is 1.88.